The number of hydrogen-bond donors (Lipinski definition) is 2. The smallest absolute Gasteiger partial charge is 0.268 e. The van der Waals surface area contributed by atoms with Gasteiger partial charge in [-0.1, -0.05) is 48.5 Å². The quantitative estimate of drug-likeness (QED) is 0.260. The first kappa shape index (κ1) is 24.5. The lowest BCUT2D eigenvalue weighted by molar-refractivity contribution is 0.0930. The Morgan fingerprint density at radius 2 is 1.71 bits per heavy atom. The Hall–Kier alpha value is -5.50. The van der Waals surface area contributed by atoms with E-state index in [1.54, 1.807) is 6.20 Å². The Bertz CT molecular complexity index is 1950. The van der Waals surface area contributed by atoms with E-state index in [0.717, 1.165) is 50.4 Å². The number of pyridine rings is 1. The van der Waals surface area contributed by atoms with Crippen molar-refractivity contribution >= 4 is 27.8 Å². The van der Waals surface area contributed by atoms with Gasteiger partial charge in [-0.25, -0.2) is 9.97 Å². The summed E-state index contributed by atoms with van der Waals surface area (Å²) in [6.07, 6.45) is 5.97. The minimum atomic E-state index is -0.390. The zero-order valence-electron chi connectivity index (χ0n) is 22.4. The number of nitrogens with one attached hydrogen (secondary N) is 2. The average molecular weight is 538 g/mol. The molecule has 2 N–H and O–H groups in total. The molecule has 200 valence electrons. The van der Waals surface area contributed by atoms with E-state index in [1.807, 2.05) is 90.9 Å². The van der Waals surface area contributed by atoms with Crippen molar-refractivity contribution in [1.29, 1.82) is 0 Å². The van der Waals surface area contributed by atoms with Crippen LogP contribution in [0.5, 0.6) is 0 Å². The molecule has 0 aliphatic rings. The fourth-order valence-electron chi connectivity index (χ4n) is 5.34. The number of amides is 1. The number of imidazole rings is 2. The minimum absolute atomic E-state index is 0.191. The maximum Gasteiger partial charge on any atom is 0.268 e. The molecule has 4 aromatic heterocycles. The van der Waals surface area contributed by atoms with E-state index in [-0.39, 0.29) is 11.9 Å². The zero-order chi connectivity index (χ0) is 27.8. The third-order valence-corrected chi connectivity index (χ3v) is 7.45. The van der Waals surface area contributed by atoms with Crippen LogP contribution in [0.3, 0.4) is 0 Å². The summed E-state index contributed by atoms with van der Waals surface area (Å²) in [6.45, 7) is 0. The van der Waals surface area contributed by atoms with Crippen molar-refractivity contribution in [2.75, 3.05) is 0 Å². The number of benzene rings is 3. The molecule has 0 aliphatic heterocycles. The van der Waals surface area contributed by atoms with Gasteiger partial charge in [-0.15, -0.1) is 0 Å². The number of carbonyl (C=O) groups excluding carboxylic acids is 1. The minimum Gasteiger partial charge on any atom is -0.351 e. The molecule has 1 unspecified atom stereocenters. The first-order valence-electron chi connectivity index (χ1n) is 13.5. The largest absolute Gasteiger partial charge is 0.351 e. The van der Waals surface area contributed by atoms with Gasteiger partial charge in [0.2, 0.25) is 0 Å². The average Bonchev–Trinajstić information content (AvgIpc) is 3.74. The molecule has 3 aromatic carbocycles. The number of rotatable bonds is 7. The number of H-pyrrole nitrogens is 1. The van der Waals surface area contributed by atoms with Crippen molar-refractivity contribution in [2.24, 2.45) is 7.05 Å². The Morgan fingerprint density at radius 3 is 2.54 bits per heavy atom. The molecule has 0 radical (unpaired) electrons. The first-order chi connectivity index (χ1) is 20.1. The molecular weight excluding hydrogens is 510 g/mol. The summed E-state index contributed by atoms with van der Waals surface area (Å²) in [5.41, 5.74) is 7.33. The summed E-state index contributed by atoms with van der Waals surface area (Å²) in [5, 5.41) is 4.20. The highest BCUT2D eigenvalue weighted by Gasteiger charge is 2.23. The van der Waals surface area contributed by atoms with Crippen LogP contribution in [-0.2, 0) is 13.5 Å². The lowest BCUT2D eigenvalue weighted by Gasteiger charge is -2.19. The summed E-state index contributed by atoms with van der Waals surface area (Å²) in [4.78, 5) is 30.4. The number of carbonyl (C=O) groups is 1. The van der Waals surface area contributed by atoms with Gasteiger partial charge in [0.15, 0.2) is 0 Å². The van der Waals surface area contributed by atoms with Gasteiger partial charge >= 0.3 is 0 Å². The normalized spacial score (nSPS) is 12.1. The van der Waals surface area contributed by atoms with Crippen LogP contribution in [0, 0.1) is 0 Å². The second-order valence-electron chi connectivity index (χ2n) is 10.0. The van der Waals surface area contributed by atoms with Crippen molar-refractivity contribution < 1.29 is 4.79 Å². The van der Waals surface area contributed by atoms with Crippen LogP contribution in [0.2, 0.25) is 0 Å². The molecule has 0 spiro atoms. The Kier molecular flexibility index (Phi) is 6.13. The zero-order valence-corrected chi connectivity index (χ0v) is 22.4. The summed E-state index contributed by atoms with van der Waals surface area (Å²) in [7, 11) is 1.98. The van der Waals surface area contributed by atoms with Gasteiger partial charge in [-0.3, -0.25) is 14.3 Å². The van der Waals surface area contributed by atoms with Crippen LogP contribution in [0.25, 0.3) is 38.9 Å². The van der Waals surface area contributed by atoms with E-state index in [0.29, 0.717) is 12.1 Å². The Labute approximate surface area is 236 Å². The highest BCUT2D eigenvalue weighted by atomic mass is 16.2. The summed E-state index contributed by atoms with van der Waals surface area (Å²) < 4.78 is 4.12. The second kappa shape index (κ2) is 10.2. The number of hydrogen-bond acceptors (Lipinski definition) is 4. The van der Waals surface area contributed by atoms with Crippen molar-refractivity contribution in [2.45, 2.75) is 12.5 Å². The molecule has 0 saturated heterocycles. The molecule has 0 saturated carbocycles. The van der Waals surface area contributed by atoms with Gasteiger partial charge in [0.1, 0.15) is 17.8 Å². The molecule has 8 heteroatoms. The molecule has 0 aliphatic carbocycles. The van der Waals surface area contributed by atoms with Gasteiger partial charge in [0.05, 0.1) is 29.0 Å². The molecule has 0 fully saturated rings. The van der Waals surface area contributed by atoms with Crippen molar-refractivity contribution in [1.82, 2.24) is 34.4 Å². The van der Waals surface area contributed by atoms with E-state index < -0.39 is 0 Å². The lowest BCUT2D eigenvalue weighted by atomic mass is 10.1. The summed E-state index contributed by atoms with van der Waals surface area (Å²) >= 11 is 0. The van der Waals surface area contributed by atoms with Crippen LogP contribution in [-0.4, -0.2) is 35.0 Å². The number of nitrogens with zero attached hydrogens (tertiary/aromatic N) is 5. The lowest BCUT2D eigenvalue weighted by Crippen LogP contribution is -2.32. The predicted octanol–water partition coefficient (Wildman–Crippen LogP) is 6.02. The fourth-order valence-corrected chi connectivity index (χ4v) is 5.34. The van der Waals surface area contributed by atoms with Gasteiger partial charge in [0.25, 0.3) is 5.91 Å². The molecule has 7 rings (SSSR count). The highest BCUT2D eigenvalue weighted by Crippen LogP contribution is 2.27. The summed E-state index contributed by atoms with van der Waals surface area (Å²) in [5.74, 6) is 0.559. The van der Waals surface area contributed by atoms with Crippen LogP contribution in [0.4, 0.5) is 0 Å². The third-order valence-electron chi connectivity index (χ3n) is 7.45. The van der Waals surface area contributed by atoms with Crippen LogP contribution in [0.15, 0.2) is 116 Å². The number of fused-ring (bicyclic) bond motifs is 2. The monoisotopic (exact) mass is 537 g/mol. The maximum absolute atomic E-state index is 13.4. The molecule has 1 atom stereocenters. The Morgan fingerprint density at radius 1 is 0.902 bits per heavy atom. The predicted molar refractivity (Wildman–Crippen MR) is 160 cm³/mol. The van der Waals surface area contributed by atoms with Gasteiger partial charge in [-0.2, -0.15) is 0 Å². The van der Waals surface area contributed by atoms with E-state index in [2.05, 4.69) is 55.2 Å². The van der Waals surface area contributed by atoms with Gasteiger partial charge in [0, 0.05) is 41.9 Å². The van der Waals surface area contributed by atoms with Gasteiger partial charge < -0.3 is 14.9 Å². The molecule has 0 bridgehead atoms. The first-order valence-corrected chi connectivity index (χ1v) is 13.5. The second-order valence-corrected chi connectivity index (χ2v) is 10.0. The topological polar surface area (TPSA) is 93.4 Å². The van der Waals surface area contributed by atoms with Crippen molar-refractivity contribution in [3.8, 4) is 16.9 Å². The number of aromatic amines is 1. The maximum atomic E-state index is 13.4. The molecule has 8 nitrogen and oxygen atoms in total. The van der Waals surface area contributed by atoms with Crippen LogP contribution >= 0.6 is 0 Å². The third kappa shape index (κ3) is 4.65. The summed E-state index contributed by atoms with van der Waals surface area (Å²) in [6, 6.07) is 31.6. The highest BCUT2D eigenvalue weighted by molar-refractivity contribution is 5.98. The fraction of sp³-hybridized carbons (Fsp3) is 0.0909. The number of aromatic nitrogens is 6. The standard InChI is InChI=1S/C33H27N7O/c1-39-31(22-13-15-25(16-14-22)40-21-36-27-11-4-5-12-30(27)40)20-35-32(39)28(19-24-9-6-7-17-34-24)38-33(41)29-18-23-8-2-3-10-26(23)37-29/h2-18,20-21,28,37H,19H2,1H3,(H,38,41). The van der Waals surface area contributed by atoms with Crippen LogP contribution in [0.1, 0.15) is 28.0 Å². The van der Waals surface area contributed by atoms with Gasteiger partial charge in [-0.05, 0) is 54.1 Å². The Balaban J connectivity index is 1.19. The molecule has 1 amide bonds. The number of para-hydroxylation sites is 3. The van der Waals surface area contributed by atoms with E-state index in [4.69, 9.17) is 4.98 Å². The molecular formula is C33H27N7O. The molecule has 41 heavy (non-hydrogen) atoms. The van der Waals surface area contributed by atoms with Crippen molar-refractivity contribution in [3.05, 3.63) is 133 Å². The van der Waals surface area contributed by atoms with E-state index in [1.165, 1.54) is 0 Å². The van der Waals surface area contributed by atoms with Crippen molar-refractivity contribution in [3.63, 3.8) is 0 Å². The van der Waals surface area contributed by atoms with Crippen LogP contribution < -0.4 is 5.32 Å². The van der Waals surface area contributed by atoms with E-state index >= 15 is 0 Å². The SMILES string of the molecule is Cn1c(-c2ccc(-n3cnc4ccccc43)cc2)cnc1C(Cc1ccccn1)NC(=O)c1cc2ccccc2[nH]1. The molecule has 7 aromatic rings. The van der Waals surface area contributed by atoms with E-state index in [9.17, 15) is 4.79 Å². The molecule has 4 heterocycles.